The fourth-order valence-corrected chi connectivity index (χ4v) is 1.71. The molecule has 0 fully saturated rings. The molecule has 0 atom stereocenters. The fourth-order valence-electron chi connectivity index (χ4n) is 1.71. The number of hydrogen-bond acceptors (Lipinski definition) is 1. The SMILES string of the molecule is C=C(C)C/C(Cc1ccccc1)=C(/C)C(N)=O. The first-order chi connectivity index (χ1) is 8.00. The quantitative estimate of drug-likeness (QED) is 0.612. The van der Waals surface area contributed by atoms with Gasteiger partial charge in [-0.1, -0.05) is 48.1 Å². The van der Waals surface area contributed by atoms with Crippen molar-refractivity contribution in [1.82, 2.24) is 0 Å². The maximum atomic E-state index is 11.2. The van der Waals surface area contributed by atoms with E-state index in [2.05, 4.69) is 6.58 Å². The van der Waals surface area contributed by atoms with Crippen molar-refractivity contribution in [1.29, 1.82) is 0 Å². The summed E-state index contributed by atoms with van der Waals surface area (Å²) in [6.45, 7) is 7.63. The number of allylic oxidation sites excluding steroid dienone is 2. The van der Waals surface area contributed by atoms with Crippen molar-refractivity contribution < 1.29 is 4.79 Å². The topological polar surface area (TPSA) is 43.1 Å². The molecule has 1 amide bonds. The summed E-state index contributed by atoms with van der Waals surface area (Å²) in [6, 6.07) is 10.1. The van der Waals surface area contributed by atoms with E-state index in [4.69, 9.17) is 5.73 Å². The molecule has 0 aliphatic carbocycles. The largest absolute Gasteiger partial charge is 0.366 e. The highest BCUT2D eigenvalue weighted by Gasteiger charge is 2.08. The van der Waals surface area contributed by atoms with Gasteiger partial charge in [0.15, 0.2) is 0 Å². The summed E-state index contributed by atoms with van der Waals surface area (Å²) in [5.41, 5.74) is 9.26. The van der Waals surface area contributed by atoms with Gasteiger partial charge < -0.3 is 5.73 Å². The third kappa shape index (κ3) is 4.27. The number of nitrogens with two attached hydrogens (primary N) is 1. The third-order valence-corrected chi connectivity index (χ3v) is 2.68. The lowest BCUT2D eigenvalue weighted by Crippen LogP contribution is -2.14. The summed E-state index contributed by atoms with van der Waals surface area (Å²) in [5.74, 6) is -0.350. The normalized spacial score (nSPS) is 11.9. The van der Waals surface area contributed by atoms with Crippen LogP contribution >= 0.6 is 0 Å². The highest BCUT2D eigenvalue weighted by atomic mass is 16.1. The second-order valence-electron chi connectivity index (χ2n) is 4.39. The summed E-state index contributed by atoms with van der Waals surface area (Å²) >= 11 is 0. The molecule has 0 aromatic heterocycles. The number of carbonyl (C=O) groups is 1. The monoisotopic (exact) mass is 229 g/mol. The molecular weight excluding hydrogens is 210 g/mol. The van der Waals surface area contributed by atoms with E-state index in [1.54, 1.807) is 6.92 Å². The number of rotatable bonds is 5. The maximum absolute atomic E-state index is 11.2. The van der Waals surface area contributed by atoms with Crippen LogP contribution in [0.3, 0.4) is 0 Å². The van der Waals surface area contributed by atoms with Crippen LogP contribution in [0.1, 0.15) is 25.8 Å². The van der Waals surface area contributed by atoms with Crippen molar-refractivity contribution in [3.05, 3.63) is 59.2 Å². The predicted octanol–water partition coefficient (Wildman–Crippen LogP) is 3.00. The van der Waals surface area contributed by atoms with Gasteiger partial charge >= 0.3 is 0 Å². The van der Waals surface area contributed by atoms with E-state index in [0.717, 1.165) is 24.0 Å². The molecule has 90 valence electrons. The molecule has 0 aliphatic rings. The van der Waals surface area contributed by atoms with Crippen LogP contribution in [0, 0.1) is 0 Å². The van der Waals surface area contributed by atoms with Crippen LogP contribution in [-0.4, -0.2) is 5.91 Å². The van der Waals surface area contributed by atoms with Crippen molar-refractivity contribution in [2.75, 3.05) is 0 Å². The van der Waals surface area contributed by atoms with Gasteiger partial charge in [0.1, 0.15) is 0 Å². The third-order valence-electron chi connectivity index (χ3n) is 2.68. The molecule has 0 unspecified atom stereocenters. The molecule has 2 nitrogen and oxygen atoms in total. The lowest BCUT2D eigenvalue weighted by molar-refractivity contribution is -0.114. The summed E-state index contributed by atoms with van der Waals surface area (Å²) in [7, 11) is 0. The van der Waals surface area contributed by atoms with Crippen LogP contribution in [0.15, 0.2) is 53.6 Å². The number of benzene rings is 1. The van der Waals surface area contributed by atoms with Crippen LogP contribution in [0.25, 0.3) is 0 Å². The predicted molar refractivity (Wildman–Crippen MR) is 71.5 cm³/mol. The Hall–Kier alpha value is -1.83. The van der Waals surface area contributed by atoms with E-state index in [1.807, 2.05) is 37.3 Å². The molecule has 0 saturated carbocycles. The lowest BCUT2D eigenvalue weighted by atomic mass is 9.95. The van der Waals surface area contributed by atoms with E-state index >= 15 is 0 Å². The first-order valence-corrected chi connectivity index (χ1v) is 5.67. The van der Waals surface area contributed by atoms with Gasteiger partial charge in [-0.2, -0.15) is 0 Å². The molecule has 2 N–H and O–H groups in total. The van der Waals surface area contributed by atoms with E-state index in [9.17, 15) is 4.79 Å². The molecular formula is C15H19NO. The Morgan fingerprint density at radius 2 is 1.82 bits per heavy atom. The molecule has 2 heteroatoms. The minimum absolute atomic E-state index is 0.350. The number of carbonyl (C=O) groups excluding carboxylic acids is 1. The van der Waals surface area contributed by atoms with Crippen LogP contribution in [0.4, 0.5) is 0 Å². The zero-order valence-electron chi connectivity index (χ0n) is 10.5. The van der Waals surface area contributed by atoms with E-state index < -0.39 is 0 Å². The minimum atomic E-state index is -0.350. The van der Waals surface area contributed by atoms with Crippen LogP contribution in [0.5, 0.6) is 0 Å². The Morgan fingerprint density at radius 1 is 1.24 bits per heavy atom. The first kappa shape index (κ1) is 13.2. The summed E-state index contributed by atoms with van der Waals surface area (Å²) < 4.78 is 0. The maximum Gasteiger partial charge on any atom is 0.244 e. The Labute approximate surface area is 103 Å². The van der Waals surface area contributed by atoms with Crippen molar-refractivity contribution in [2.24, 2.45) is 5.73 Å². The zero-order valence-corrected chi connectivity index (χ0v) is 10.5. The van der Waals surface area contributed by atoms with Gasteiger partial charge in [0, 0.05) is 5.57 Å². The first-order valence-electron chi connectivity index (χ1n) is 5.67. The van der Waals surface area contributed by atoms with Gasteiger partial charge in [0.05, 0.1) is 0 Å². The van der Waals surface area contributed by atoms with Gasteiger partial charge in [-0.05, 0) is 32.3 Å². The minimum Gasteiger partial charge on any atom is -0.366 e. The molecule has 1 aromatic rings. The second-order valence-corrected chi connectivity index (χ2v) is 4.39. The van der Waals surface area contributed by atoms with Crippen molar-refractivity contribution in [2.45, 2.75) is 26.7 Å². The standard InChI is InChI=1S/C15H19NO/c1-11(2)9-14(12(3)15(16)17)10-13-7-5-4-6-8-13/h4-8H,1,9-10H2,2-3H3,(H2,16,17)/b14-12+. The van der Waals surface area contributed by atoms with E-state index in [0.29, 0.717) is 5.57 Å². The van der Waals surface area contributed by atoms with Gasteiger partial charge in [0.2, 0.25) is 5.91 Å². The van der Waals surface area contributed by atoms with E-state index in [-0.39, 0.29) is 5.91 Å². The Kier molecular flexibility index (Phi) is 4.70. The van der Waals surface area contributed by atoms with Crippen molar-refractivity contribution >= 4 is 5.91 Å². The highest BCUT2D eigenvalue weighted by molar-refractivity contribution is 5.92. The van der Waals surface area contributed by atoms with E-state index in [1.165, 1.54) is 5.56 Å². The van der Waals surface area contributed by atoms with Crippen LogP contribution in [-0.2, 0) is 11.2 Å². The second kappa shape index (κ2) is 6.04. The number of amides is 1. The Bertz CT molecular complexity index is 443. The molecule has 17 heavy (non-hydrogen) atoms. The molecule has 0 heterocycles. The summed E-state index contributed by atoms with van der Waals surface area (Å²) in [6.07, 6.45) is 1.48. The molecule has 1 rings (SSSR count). The summed E-state index contributed by atoms with van der Waals surface area (Å²) in [5, 5.41) is 0. The average molecular weight is 229 g/mol. The lowest BCUT2D eigenvalue weighted by Gasteiger charge is -2.11. The van der Waals surface area contributed by atoms with Gasteiger partial charge in [-0.25, -0.2) is 0 Å². The van der Waals surface area contributed by atoms with Gasteiger partial charge in [-0.3, -0.25) is 4.79 Å². The smallest absolute Gasteiger partial charge is 0.244 e. The van der Waals surface area contributed by atoms with Gasteiger partial charge in [0.25, 0.3) is 0 Å². The molecule has 0 spiro atoms. The Balaban J connectivity index is 2.97. The molecule has 0 radical (unpaired) electrons. The number of primary amides is 1. The van der Waals surface area contributed by atoms with Crippen LogP contribution in [0.2, 0.25) is 0 Å². The van der Waals surface area contributed by atoms with Crippen molar-refractivity contribution in [3.63, 3.8) is 0 Å². The summed E-state index contributed by atoms with van der Waals surface area (Å²) in [4.78, 5) is 11.2. The molecule has 0 aliphatic heterocycles. The zero-order chi connectivity index (χ0) is 12.8. The molecule has 1 aromatic carbocycles. The average Bonchev–Trinajstić information content (AvgIpc) is 2.28. The fraction of sp³-hybridized carbons (Fsp3) is 0.267. The van der Waals surface area contributed by atoms with Crippen molar-refractivity contribution in [3.8, 4) is 0 Å². The Morgan fingerprint density at radius 3 is 2.29 bits per heavy atom. The molecule has 0 saturated heterocycles. The van der Waals surface area contributed by atoms with Gasteiger partial charge in [-0.15, -0.1) is 0 Å². The number of hydrogen-bond donors (Lipinski definition) is 1. The van der Waals surface area contributed by atoms with Crippen LogP contribution < -0.4 is 5.73 Å². The molecule has 0 bridgehead atoms. The highest BCUT2D eigenvalue weighted by Crippen LogP contribution is 2.19.